The number of rotatable bonds is 5. The minimum absolute atomic E-state index is 0.151. The summed E-state index contributed by atoms with van der Waals surface area (Å²) in [7, 11) is -3.27. The molecule has 6 heteroatoms. The Kier molecular flexibility index (Phi) is 5.31. The number of amides is 1. The number of likely N-dealkylation sites (tertiary alicyclic amines) is 2. The highest BCUT2D eigenvalue weighted by Crippen LogP contribution is 2.31. The van der Waals surface area contributed by atoms with Gasteiger partial charge in [0.05, 0.1) is 5.25 Å². The van der Waals surface area contributed by atoms with Crippen LogP contribution in [-0.4, -0.2) is 66.8 Å². The summed E-state index contributed by atoms with van der Waals surface area (Å²) in [5.41, 5.74) is 0. The van der Waals surface area contributed by atoms with Crippen LogP contribution in [0.15, 0.2) is 0 Å². The second-order valence-corrected chi connectivity index (χ2v) is 9.63. The van der Waals surface area contributed by atoms with Gasteiger partial charge in [0.25, 0.3) is 0 Å². The fourth-order valence-electron chi connectivity index (χ4n) is 4.80. The quantitative estimate of drug-likeness (QED) is 0.765. The van der Waals surface area contributed by atoms with Crippen LogP contribution >= 0.6 is 0 Å². The number of carbonyl (C=O) groups is 1. The van der Waals surface area contributed by atoms with Crippen LogP contribution in [0.25, 0.3) is 0 Å². The van der Waals surface area contributed by atoms with Crippen molar-refractivity contribution in [3.05, 3.63) is 0 Å². The molecule has 0 aromatic carbocycles. The van der Waals surface area contributed by atoms with E-state index >= 15 is 0 Å². The number of carbonyl (C=O) groups excluding carboxylic acids is 1. The highest BCUT2D eigenvalue weighted by molar-refractivity contribution is 7.92. The standard InChI is InChI=1S/C17H30N2O3S/c1-2-18-11-5-9-15(18)16-10-6-12-19(16)17(20)13-23(21,22)14-7-3-4-8-14/h14-16H,2-13H2,1H3/t15-,16-/m0/s1. The first-order chi connectivity index (χ1) is 11.0. The lowest BCUT2D eigenvalue weighted by Gasteiger charge is -2.34. The molecule has 1 amide bonds. The Morgan fingerprint density at radius 3 is 2.30 bits per heavy atom. The van der Waals surface area contributed by atoms with Crippen molar-refractivity contribution in [2.75, 3.05) is 25.4 Å². The molecular formula is C17H30N2O3S. The van der Waals surface area contributed by atoms with E-state index in [-0.39, 0.29) is 23.0 Å². The molecule has 5 nitrogen and oxygen atoms in total. The molecular weight excluding hydrogens is 312 g/mol. The largest absolute Gasteiger partial charge is 0.337 e. The van der Waals surface area contributed by atoms with Crippen molar-refractivity contribution in [1.29, 1.82) is 0 Å². The van der Waals surface area contributed by atoms with Gasteiger partial charge in [-0.15, -0.1) is 0 Å². The molecule has 3 fully saturated rings. The van der Waals surface area contributed by atoms with Gasteiger partial charge >= 0.3 is 0 Å². The molecule has 0 spiro atoms. The lowest BCUT2D eigenvalue weighted by molar-refractivity contribution is -0.130. The molecule has 2 atom stereocenters. The minimum atomic E-state index is -3.27. The molecule has 0 N–H and O–H groups in total. The highest BCUT2D eigenvalue weighted by atomic mass is 32.2. The summed E-state index contributed by atoms with van der Waals surface area (Å²) in [5, 5.41) is -0.272. The van der Waals surface area contributed by atoms with E-state index in [0.717, 1.165) is 64.6 Å². The van der Waals surface area contributed by atoms with Crippen LogP contribution in [0.1, 0.15) is 58.3 Å². The summed E-state index contributed by atoms with van der Waals surface area (Å²) >= 11 is 0. The molecule has 0 aromatic heterocycles. The average Bonchev–Trinajstić information content (AvgIpc) is 3.25. The second-order valence-electron chi connectivity index (χ2n) is 7.35. The second kappa shape index (κ2) is 7.09. The van der Waals surface area contributed by atoms with Gasteiger partial charge in [0.2, 0.25) is 5.91 Å². The van der Waals surface area contributed by atoms with Crippen LogP contribution < -0.4 is 0 Å². The normalized spacial score (nSPS) is 30.4. The van der Waals surface area contributed by atoms with Gasteiger partial charge in [0.15, 0.2) is 9.84 Å². The van der Waals surface area contributed by atoms with E-state index in [1.165, 1.54) is 6.42 Å². The fourth-order valence-corrected chi connectivity index (χ4v) is 6.60. The summed E-state index contributed by atoms with van der Waals surface area (Å²) in [6.07, 6.45) is 7.81. The molecule has 0 aromatic rings. The number of hydrogen-bond acceptors (Lipinski definition) is 4. The maximum atomic E-state index is 12.7. The molecule has 0 radical (unpaired) electrons. The Morgan fingerprint density at radius 2 is 1.61 bits per heavy atom. The third-order valence-corrected chi connectivity index (χ3v) is 8.16. The number of sulfone groups is 1. The van der Waals surface area contributed by atoms with Crippen LogP contribution in [0.2, 0.25) is 0 Å². The van der Waals surface area contributed by atoms with E-state index in [1.54, 1.807) is 0 Å². The molecule has 3 aliphatic rings. The lowest BCUT2D eigenvalue weighted by atomic mass is 10.0. The minimum Gasteiger partial charge on any atom is -0.337 e. The molecule has 2 aliphatic heterocycles. The molecule has 3 rings (SSSR count). The van der Waals surface area contributed by atoms with Gasteiger partial charge in [-0.3, -0.25) is 9.69 Å². The third-order valence-electron chi connectivity index (χ3n) is 6.02. The van der Waals surface area contributed by atoms with E-state index < -0.39 is 9.84 Å². The molecule has 23 heavy (non-hydrogen) atoms. The van der Waals surface area contributed by atoms with Gasteiger partial charge in [-0.05, 0) is 51.6 Å². The van der Waals surface area contributed by atoms with Gasteiger partial charge in [0.1, 0.15) is 5.75 Å². The van der Waals surface area contributed by atoms with Crippen LogP contribution in [0, 0.1) is 0 Å². The van der Waals surface area contributed by atoms with Gasteiger partial charge < -0.3 is 4.90 Å². The van der Waals surface area contributed by atoms with Gasteiger partial charge in [-0.1, -0.05) is 19.8 Å². The summed E-state index contributed by atoms with van der Waals surface area (Å²) in [5.74, 6) is -0.421. The first kappa shape index (κ1) is 17.2. The average molecular weight is 343 g/mol. The smallest absolute Gasteiger partial charge is 0.238 e. The predicted octanol–water partition coefficient (Wildman–Crippen LogP) is 1.82. The van der Waals surface area contributed by atoms with Crippen LogP contribution in [0.3, 0.4) is 0 Å². The van der Waals surface area contributed by atoms with Gasteiger partial charge in [-0.25, -0.2) is 8.42 Å². The third kappa shape index (κ3) is 3.58. The molecule has 1 aliphatic carbocycles. The Bertz CT molecular complexity index is 528. The summed E-state index contributed by atoms with van der Waals surface area (Å²) < 4.78 is 25.0. The summed E-state index contributed by atoms with van der Waals surface area (Å²) in [4.78, 5) is 17.1. The van der Waals surface area contributed by atoms with Crippen molar-refractivity contribution in [2.24, 2.45) is 0 Å². The molecule has 0 unspecified atom stereocenters. The monoisotopic (exact) mass is 342 g/mol. The van der Waals surface area contributed by atoms with E-state index in [1.807, 2.05) is 4.90 Å². The van der Waals surface area contributed by atoms with Crippen molar-refractivity contribution in [3.8, 4) is 0 Å². The summed E-state index contributed by atoms with van der Waals surface area (Å²) in [6, 6.07) is 0.657. The van der Waals surface area contributed by atoms with Crippen molar-refractivity contribution in [2.45, 2.75) is 75.6 Å². The summed E-state index contributed by atoms with van der Waals surface area (Å²) in [6.45, 7) is 5.03. The molecule has 132 valence electrons. The zero-order valence-electron chi connectivity index (χ0n) is 14.2. The zero-order chi connectivity index (χ0) is 16.4. The first-order valence-corrected chi connectivity index (χ1v) is 11.0. The number of hydrogen-bond donors (Lipinski definition) is 0. The Morgan fingerprint density at radius 1 is 0.957 bits per heavy atom. The molecule has 1 saturated carbocycles. The Balaban J connectivity index is 1.66. The van der Waals surface area contributed by atoms with E-state index in [0.29, 0.717) is 6.04 Å². The Hall–Kier alpha value is -0.620. The SMILES string of the molecule is CCN1CCC[C@H]1[C@@H]1CCCN1C(=O)CS(=O)(=O)C1CCCC1. The van der Waals surface area contributed by atoms with Gasteiger partial charge in [0, 0.05) is 18.6 Å². The van der Waals surface area contributed by atoms with Crippen LogP contribution in [-0.2, 0) is 14.6 Å². The maximum Gasteiger partial charge on any atom is 0.238 e. The van der Waals surface area contributed by atoms with E-state index in [2.05, 4.69) is 11.8 Å². The highest BCUT2D eigenvalue weighted by Gasteiger charge is 2.41. The predicted molar refractivity (Wildman–Crippen MR) is 91.0 cm³/mol. The van der Waals surface area contributed by atoms with Crippen molar-refractivity contribution in [1.82, 2.24) is 9.80 Å². The van der Waals surface area contributed by atoms with E-state index in [4.69, 9.17) is 0 Å². The van der Waals surface area contributed by atoms with E-state index in [9.17, 15) is 13.2 Å². The lowest BCUT2D eigenvalue weighted by Crippen LogP contribution is -2.50. The molecule has 2 heterocycles. The maximum absolute atomic E-state index is 12.7. The molecule has 2 saturated heterocycles. The van der Waals surface area contributed by atoms with Crippen molar-refractivity contribution in [3.63, 3.8) is 0 Å². The molecule has 0 bridgehead atoms. The topological polar surface area (TPSA) is 57.7 Å². The van der Waals surface area contributed by atoms with Crippen molar-refractivity contribution < 1.29 is 13.2 Å². The van der Waals surface area contributed by atoms with Gasteiger partial charge in [-0.2, -0.15) is 0 Å². The zero-order valence-corrected chi connectivity index (χ0v) is 15.1. The van der Waals surface area contributed by atoms with Crippen LogP contribution in [0.5, 0.6) is 0 Å². The van der Waals surface area contributed by atoms with Crippen LogP contribution in [0.4, 0.5) is 0 Å². The Labute approximate surface area is 140 Å². The number of nitrogens with zero attached hydrogens (tertiary/aromatic N) is 2. The van der Waals surface area contributed by atoms with Crippen molar-refractivity contribution >= 4 is 15.7 Å². The first-order valence-electron chi connectivity index (χ1n) is 9.28. The fraction of sp³-hybridized carbons (Fsp3) is 0.941. The number of likely N-dealkylation sites (N-methyl/N-ethyl adjacent to an activating group) is 1.